The number of para-hydroxylation sites is 1. The Balaban J connectivity index is 1.77. The van der Waals surface area contributed by atoms with Gasteiger partial charge in [-0.25, -0.2) is 4.39 Å². The van der Waals surface area contributed by atoms with Crippen LogP contribution in [0.1, 0.15) is 13.3 Å². The van der Waals surface area contributed by atoms with Crippen molar-refractivity contribution < 1.29 is 23.5 Å². The molecule has 0 radical (unpaired) electrons. The van der Waals surface area contributed by atoms with E-state index in [1.807, 2.05) is 18.2 Å². The summed E-state index contributed by atoms with van der Waals surface area (Å²) < 4.78 is 24.0. The first kappa shape index (κ1) is 18.7. The second kappa shape index (κ2) is 9.03. The quantitative estimate of drug-likeness (QED) is 0.757. The molecule has 0 fully saturated rings. The maximum atomic E-state index is 13.6. The largest absolute Gasteiger partial charge is 0.493 e. The Morgan fingerprint density at radius 2 is 1.92 bits per heavy atom. The molecule has 2 aromatic carbocycles. The van der Waals surface area contributed by atoms with Gasteiger partial charge in [-0.2, -0.15) is 0 Å². The minimum atomic E-state index is -1.07. The number of ether oxygens (including phenoxy) is 2. The van der Waals surface area contributed by atoms with E-state index in [2.05, 4.69) is 5.32 Å². The van der Waals surface area contributed by atoms with E-state index in [-0.39, 0.29) is 23.7 Å². The van der Waals surface area contributed by atoms with E-state index in [0.717, 1.165) is 6.07 Å². The van der Waals surface area contributed by atoms with Crippen LogP contribution in [0.15, 0.2) is 48.5 Å². The Morgan fingerprint density at radius 1 is 1.20 bits per heavy atom. The van der Waals surface area contributed by atoms with Crippen molar-refractivity contribution in [2.75, 3.05) is 11.9 Å². The number of hydrogen-bond donors (Lipinski definition) is 1. The molecule has 0 bridgehead atoms. The number of rotatable bonds is 7. The minimum absolute atomic E-state index is 0.0121. The highest BCUT2D eigenvalue weighted by Gasteiger charge is 2.19. The monoisotopic (exact) mass is 365 g/mol. The first-order valence-electron chi connectivity index (χ1n) is 7.59. The van der Waals surface area contributed by atoms with Crippen LogP contribution in [0.25, 0.3) is 0 Å². The van der Waals surface area contributed by atoms with Crippen molar-refractivity contribution in [1.29, 1.82) is 0 Å². The second-order valence-corrected chi connectivity index (χ2v) is 5.59. The third kappa shape index (κ3) is 6.08. The summed E-state index contributed by atoms with van der Waals surface area (Å²) in [6.45, 7) is 1.53. The van der Waals surface area contributed by atoms with Crippen LogP contribution in [-0.2, 0) is 14.3 Å². The van der Waals surface area contributed by atoms with E-state index in [0.29, 0.717) is 5.75 Å². The van der Waals surface area contributed by atoms with Gasteiger partial charge in [0.15, 0.2) is 6.10 Å². The summed E-state index contributed by atoms with van der Waals surface area (Å²) in [5.41, 5.74) is -0.0373. The number of hydrogen-bond acceptors (Lipinski definition) is 4. The van der Waals surface area contributed by atoms with Crippen LogP contribution in [-0.4, -0.2) is 24.6 Å². The molecule has 25 heavy (non-hydrogen) atoms. The number of halogens is 2. The molecule has 0 unspecified atom stereocenters. The Morgan fingerprint density at radius 3 is 2.60 bits per heavy atom. The van der Waals surface area contributed by atoms with Gasteiger partial charge in [-0.1, -0.05) is 29.8 Å². The van der Waals surface area contributed by atoms with Gasteiger partial charge in [-0.05, 0) is 37.3 Å². The van der Waals surface area contributed by atoms with E-state index < -0.39 is 23.8 Å². The van der Waals surface area contributed by atoms with Gasteiger partial charge in [0.2, 0.25) is 0 Å². The highest BCUT2D eigenvalue weighted by atomic mass is 35.5. The van der Waals surface area contributed by atoms with Crippen LogP contribution in [0.3, 0.4) is 0 Å². The third-order valence-corrected chi connectivity index (χ3v) is 3.42. The van der Waals surface area contributed by atoms with E-state index in [1.165, 1.54) is 19.1 Å². The van der Waals surface area contributed by atoms with Crippen molar-refractivity contribution in [2.45, 2.75) is 19.4 Å². The van der Waals surface area contributed by atoms with Crippen molar-refractivity contribution in [1.82, 2.24) is 0 Å². The molecular weight excluding hydrogens is 349 g/mol. The zero-order valence-corrected chi connectivity index (χ0v) is 14.3. The van der Waals surface area contributed by atoms with Crippen LogP contribution < -0.4 is 10.1 Å². The fourth-order valence-corrected chi connectivity index (χ4v) is 2.06. The summed E-state index contributed by atoms with van der Waals surface area (Å²) in [5, 5.41) is 2.56. The molecule has 0 aromatic heterocycles. The minimum Gasteiger partial charge on any atom is -0.493 e. The molecule has 1 atom stereocenters. The zero-order chi connectivity index (χ0) is 18.2. The average Bonchev–Trinajstić information content (AvgIpc) is 2.58. The summed E-state index contributed by atoms with van der Waals surface area (Å²) in [4.78, 5) is 23.7. The molecule has 0 heterocycles. The molecule has 0 aliphatic carbocycles. The molecule has 1 amide bonds. The Hall–Kier alpha value is -2.60. The van der Waals surface area contributed by atoms with Crippen LogP contribution in [0.5, 0.6) is 5.75 Å². The van der Waals surface area contributed by atoms with Crippen molar-refractivity contribution in [3.8, 4) is 5.75 Å². The average molecular weight is 366 g/mol. The summed E-state index contributed by atoms with van der Waals surface area (Å²) in [6, 6.07) is 12.9. The normalized spacial score (nSPS) is 11.5. The van der Waals surface area contributed by atoms with Gasteiger partial charge in [0.05, 0.1) is 18.7 Å². The molecule has 0 aliphatic heterocycles. The predicted octanol–water partition coefficient (Wildman–Crippen LogP) is 3.82. The zero-order valence-electron chi connectivity index (χ0n) is 13.5. The van der Waals surface area contributed by atoms with Crippen LogP contribution in [0, 0.1) is 5.82 Å². The first-order valence-corrected chi connectivity index (χ1v) is 7.97. The lowest BCUT2D eigenvalue weighted by atomic mass is 10.3. The summed E-state index contributed by atoms with van der Waals surface area (Å²) >= 11 is 5.64. The maximum Gasteiger partial charge on any atom is 0.310 e. The van der Waals surface area contributed by atoms with Gasteiger partial charge in [0, 0.05) is 5.02 Å². The highest BCUT2D eigenvalue weighted by molar-refractivity contribution is 6.30. The van der Waals surface area contributed by atoms with E-state index in [4.69, 9.17) is 21.1 Å². The van der Waals surface area contributed by atoms with Gasteiger partial charge in [0.1, 0.15) is 11.6 Å². The topological polar surface area (TPSA) is 64.6 Å². The lowest BCUT2D eigenvalue weighted by Gasteiger charge is -2.14. The molecule has 132 valence electrons. The van der Waals surface area contributed by atoms with Gasteiger partial charge in [-0.15, -0.1) is 0 Å². The van der Waals surface area contributed by atoms with Gasteiger partial charge >= 0.3 is 5.97 Å². The fourth-order valence-electron chi connectivity index (χ4n) is 1.90. The predicted molar refractivity (Wildman–Crippen MR) is 92.1 cm³/mol. The number of anilines is 1. The molecule has 0 aliphatic rings. The van der Waals surface area contributed by atoms with E-state index in [9.17, 15) is 14.0 Å². The molecule has 0 spiro atoms. The number of nitrogens with one attached hydrogen (secondary N) is 1. The first-order chi connectivity index (χ1) is 12.0. The molecule has 0 saturated heterocycles. The molecule has 0 saturated carbocycles. The highest BCUT2D eigenvalue weighted by Crippen LogP contribution is 2.19. The lowest BCUT2D eigenvalue weighted by molar-refractivity contribution is -0.153. The van der Waals surface area contributed by atoms with Crippen LogP contribution >= 0.6 is 11.6 Å². The van der Waals surface area contributed by atoms with Gasteiger partial charge < -0.3 is 14.8 Å². The lowest BCUT2D eigenvalue weighted by Crippen LogP contribution is -2.30. The summed E-state index contributed by atoms with van der Waals surface area (Å²) in [6.07, 6.45) is -1.08. The smallest absolute Gasteiger partial charge is 0.310 e. The molecular formula is C18H17ClFNO4. The molecule has 7 heteroatoms. The van der Waals surface area contributed by atoms with Gasteiger partial charge in [-0.3, -0.25) is 9.59 Å². The number of carbonyl (C=O) groups excluding carboxylic acids is 2. The van der Waals surface area contributed by atoms with E-state index in [1.54, 1.807) is 12.1 Å². The van der Waals surface area contributed by atoms with Crippen LogP contribution in [0.2, 0.25) is 5.02 Å². The SMILES string of the molecule is C[C@H](OC(=O)CCOc1ccccc1)C(=O)Nc1ccc(Cl)cc1F. The van der Waals surface area contributed by atoms with Crippen molar-refractivity contribution in [3.05, 3.63) is 59.4 Å². The molecule has 1 N–H and O–H groups in total. The maximum absolute atomic E-state index is 13.6. The van der Waals surface area contributed by atoms with Crippen molar-refractivity contribution in [3.63, 3.8) is 0 Å². The Labute approximate surface area is 149 Å². The Bertz CT molecular complexity index is 739. The number of carbonyl (C=O) groups is 2. The van der Waals surface area contributed by atoms with Crippen molar-refractivity contribution >= 4 is 29.2 Å². The standard InChI is InChI=1S/C18H17ClFNO4/c1-12(18(23)21-16-8-7-13(19)11-15(16)20)25-17(22)9-10-24-14-5-3-2-4-6-14/h2-8,11-12H,9-10H2,1H3,(H,21,23)/t12-/m0/s1. The molecule has 2 rings (SSSR count). The second-order valence-electron chi connectivity index (χ2n) is 5.16. The van der Waals surface area contributed by atoms with E-state index >= 15 is 0 Å². The summed E-state index contributed by atoms with van der Waals surface area (Å²) in [7, 11) is 0. The third-order valence-electron chi connectivity index (χ3n) is 3.18. The molecule has 2 aromatic rings. The number of amides is 1. The Kier molecular flexibility index (Phi) is 6.77. The molecule has 5 nitrogen and oxygen atoms in total. The number of esters is 1. The fraction of sp³-hybridized carbons (Fsp3) is 0.222. The summed E-state index contributed by atoms with van der Waals surface area (Å²) in [5.74, 6) is -1.26. The van der Waals surface area contributed by atoms with Crippen molar-refractivity contribution in [2.24, 2.45) is 0 Å². The van der Waals surface area contributed by atoms with Gasteiger partial charge in [0.25, 0.3) is 5.91 Å². The number of benzene rings is 2. The van der Waals surface area contributed by atoms with Crippen LogP contribution in [0.4, 0.5) is 10.1 Å².